The van der Waals surface area contributed by atoms with Crippen LogP contribution in [0.15, 0.2) is 0 Å². The van der Waals surface area contributed by atoms with Crippen molar-refractivity contribution in [1.29, 1.82) is 0 Å². The van der Waals surface area contributed by atoms with Crippen LogP contribution in [-0.2, 0) is 14.8 Å². The standard InChI is InChI=1S/C30H55N3O4S/c1-19(2)31-15-16-32-22-11-13-29(4)21(17-22)18-26(33-38(6,36)37)28-24-9-8-23(20(3)7-10-27(34)35)30(24,5)14-12-25(28)29/h19-26,28,31-33H,7-18H2,1-6H3,(H,34,35)/t20-,21+,22?,23-,24?,25?,26+,28?,29+,30-/m1/s1. The first-order valence-corrected chi connectivity index (χ1v) is 17.3. The molecule has 4 aliphatic rings. The molecule has 0 radical (unpaired) electrons. The van der Waals surface area contributed by atoms with Crippen LogP contribution in [-0.4, -0.2) is 57.0 Å². The van der Waals surface area contributed by atoms with Gasteiger partial charge < -0.3 is 15.7 Å². The first-order chi connectivity index (χ1) is 17.7. The van der Waals surface area contributed by atoms with E-state index >= 15 is 0 Å². The molecule has 0 saturated heterocycles. The maximum absolute atomic E-state index is 12.6. The van der Waals surface area contributed by atoms with Gasteiger partial charge in [-0.1, -0.05) is 34.6 Å². The van der Waals surface area contributed by atoms with E-state index < -0.39 is 16.0 Å². The largest absolute Gasteiger partial charge is 0.481 e. The molecule has 0 aromatic carbocycles. The molecule has 0 amide bonds. The first-order valence-electron chi connectivity index (χ1n) is 15.4. The monoisotopic (exact) mass is 553 g/mol. The van der Waals surface area contributed by atoms with E-state index in [1.54, 1.807) is 0 Å². The minimum atomic E-state index is -3.31. The molecule has 0 aromatic heterocycles. The van der Waals surface area contributed by atoms with E-state index in [1.807, 2.05) is 0 Å². The van der Waals surface area contributed by atoms with E-state index in [2.05, 4.69) is 50.0 Å². The van der Waals surface area contributed by atoms with Gasteiger partial charge >= 0.3 is 5.97 Å². The van der Waals surface area contributed by atoms with Crippen LogP contribution in [0.25, 0.3) is 0 Å². The molecule has 8 heteroatoms. The van der Waals surface area contributed by atoms with Crippen molar-refractivity contribution in [2.24, 2.45) is 46.3 Å². The summed E-state index contributed by atoms with van der Waals surface area (Å²) in [7, 11) is -3.31. The molecule has 0 bridgehead atoms. The number of hydrogen-bond acceptors (Lipinski definition) is 5. The number of sulfonamides is 1. The predicted octanol–water partition coefficient (Wildman–Crippen LogP) is 4.63. The third-order valence-corrected chi connectivity index (χ3v) is 12.5. The van der Waals surface area contributed by atoms with Crippen LogP contribution in [0.2, 0.25) is 0 Å². The summed E-state index contributed by atoms with van der Waals surface area (Å²) in [5.41, 5.74) is 0.435. The number of carboxylic acids is 1. The number of nitrogens with one attached hydrogen (secondary N) is 3. The maximum atomic E-state index is 12.6. The van der Waals surface area contributed by atoms with Crippen molar-refractivity contribution in [3.63, 3.8) is 0 Å². The van der Waals surface area contributed by atoms with Gasteiger partial charge in [0.15, 0.2) is 0 Å². The topological polar surface area (TPSA) is 108 Å². The van der Waals surface area contributed by atoms with Gasteiger partial charge in [-0.15, -0.1) is 0 Å². The van der Waals surface area contributed by atoms with Gasteiger partial charge in [0.05, 0.1) is 6.26 Å². The zero-order chi connectivity index (χ0) is 27.9. The second-order valence-corrected chi connectivity index (χ2v) is 16.2. The summed E-state index contributed by atoms with van der Waals surface area (Å²) in [5.74, 6) is 2.17. The third-order valence-electron chi connectivity index (χ3n) is 11.8. The van der Waals surface area contributed by atoms with Crippen molar-refractivity contribution >= 4 is 16.0 Å². The van der Waals surface area contributed by atoms with E-state index in [4.69, 9.17) is 0 Å². The molecule has 4 aliphatic carbocycles. The average molecular weight is 554 g/mol. The highest BCUT2D eigenvalue weighted by Crippen LogP contribution is 2.68. The molecule has 4 rings (SSSR count). The maximum Gasteiger partial charge on any atom is 0.303 e. The average Bonchev–Trinajstić information content (AvgIpc) is 3.17. The third kappa shape index (κ3) is 6.28. The van der Waals surface area contributed by atoms with Crippen LogP contribution in [0.3, 0.4) is 0 Å². The lowest BCUT2D eigenvalue weighted by Crippen LogP contribution is -2.62. The minimum Gasteiger partial charge on any atom is -0.481 e. The highest BCUT2D eigenvalue weighted by molar-refractivity contribution is 7.88. The van der Waals surface area contributed by atoms with E-state index in [1.165, 1.54) is 31.9 Å². The van der Waals surface area contributed by atoms with E-state index in [9.17, 15) is 18.3 Å². The molecule has 7 nitrogen and oxygen atoms in total. The Hall–Kier alpha value is -0.700. The van der Waals surface area contributed by atoms with Crippen LogP contribution in [0.1, 0.15) is 98.8 Å². The lowest BCUT2D eigenvalue weighted by atomic mass is 9.43. The van der Waals surface area contributed by atoms with E-state index in [0.717, 1.165) is 45.2 Å². The Morgan fingerprint density at radius 2 is 1.66 bits per heavy atom. The lowest BCUT2D eigenvalue weighted by Gasteiger charge is -2.63. The molecular weight excluding hydrogens is 498 g/mol. The Morgan fingerprint density at radius 3 is 2.32 bits per heavy atom. The van der Waals surface area contributed by atoms with Crippen LogP contribution in [0, 0.1) is 46.3 Å². The highest BCUT2D eigenvalue weighted by Gasteiger charge is 2.63. The summed E-state index contributed by atoms with van der Waals surface area (Å²) in [4.78, 5) is 11.3. The van der Waals surface area contributed by atoms with Gasteiger partial charge in [-0.2, -0.15) is 0 Å². The Labute approximate surface area is 232 Å². The number of fused-ring (bicyclic) bond motifs is 5. The molecule has 220 valence electrons. The SMILES string of the molecule is CC(C)NCCNC1CC[C@]2(C)C3CC[C@@]4(C)C(CC[C@@H]4[C@H](C)CCC(=O)O)C3[C@@H](NS(C)(=O)=O)C[C@@H]2C1. The van der Waals surface area contributed by atoms with Gasteiger partial charge in [0, 0.05) is 37.6 Å². The zero-order valence-electron chi connectivity index (χ0n) is 24.8. The first kappa shape index (κ1) is 30.3. The highest BCUT2D eigenvalue weighted by atomic mass is 32.2. The van der Waals surface area contributed by atoms with Crippen molar-refractivity contribution < 1.29 is 18.3 Å². The van der Waals surface area contributed by atoms with E-state index in [0.29, 0.717) is 47.6 Å². The Balaban J connectivity index is 1.53. The molecular formula is C30H55N3O4S. The molecule has 4 unspecified atom stereocenters. The zero-order valence-corrected chi connectivity index (χ0v) is 25.6. The van der Waals surface area contributed by atoms with Gasteiger partial charge in [0.2, 0.25) is 10.0 Å². The van der Waals surface area contributed by atoms with Crippen molar-refractivity contribution in [2.75, 3.05) is 19.3 Å². The number of hydrogen-bond donors (Lipinski definition) is 4. The fraction of sp³-hybridized carbons (Fsp3) is 0.967. The van der Waals surface area contributed by atoms with Crippen molar-refractivity contribution in [2.45, 2.75) is 117 Å². The Kier molecular flexibility index (Phi) is 9.28. The smallest absolute Gasteiger partial charge is 0.303 e. The van der Waals surface area contributed by atoms with Gasteiger partial charge in [0.25, 0.3) is 0 Å². The molecule has 4 fully saturated rings. The van der Waals surface area contributed by atoms with Crippen LogP contribution < -0.4 is 15.4 Å². The summed E-state index contributed by atoms with van der Waals surface area (Å²) in [6.45, 7) is 13.6. The molecule has 0 aliphatic heterocycles. The molecule has 0 heterocycles. The normalized spacial score (nSPS) is 41.8. The quantitative estimate of drug-likeness (QED) is 0.278. The van der Waals surface area contributed by atoms with Crippen LogP contribution in [0.4, 0.5) is 0 Å². The van der Waals surface area contributed by atoms with Gasteiger partial charge in [-0.3, -0.25) is 4.79 Å². The summed E-state index contributed by atoms with van der Waals surface area (Å²) in [5, 5.41) is 16.6. The Bertz CT molecular complexity index is 942. The van der Waals surface area contributed by atoms with Gasteiger partial charge in [-0.25, -0.2) is 13.1 Å². The van der Waals surface area contributed by atoms with Crippen LogP contribution >= 0.6 is 0 Å². The van der Waals surface area contributed by atoms with Crippen LogP contribution in [0.5, 0.6) is 0 Å². The molecule has 4 saturated carbocycles. The van der Waals surface area contributed by atoms with Gasteiger partial charge in [0.1, 0.15) is 0 Å². The molecule has 4 N–H and O–H groups in total. The Morgan fingerprint density at radius 1 is 0.974 bits per heavy atom. The lowest BCUT2D eigenvalue weighted by molar-refractivity contribution is -0.138. The predicted molar refractivity (Wildman–Crippen MR) is 153 cm³/mol. The number of rotatable bonds is 11. The van der Waals surface area contributed by atoms with Gasteiger partial charge in [-0.05, 0) is 104 Å². The molecule has 38 heavy (non-hydrogen) atoms. The molecule has 0 spiro atoms. The van der Waals surface area contributed by atoms with Crippen molar-refractivity contribution in [3.8, 4) is 0 Å². The summed E-state index contributed by atoms with van der Waals surface area (Å²) < 4.78 is 28.4. The van der Waals surface area contributed by atoms with E-state index in [-0.39, 0.29) is 23.3 Å². The second kappa shape index (κ2) is 11.7. The fourth-order valence-electron chi connectivity index (χ4n) is 10.0. The van der Waals surface area contributed by atoms with Crippen molar-refractivity contribution in [3.05, 3.63) is 0 Å². The summed E-state index contributed by atoms with van der Waals surface area (Å²) >= 11 is 0. The number of aliphatic carboxylic acids is 1. The molecule has 10 atom stereocenters. The minimum absolute atomic E-state index is 0.00660. The number of carbonyl (C=O) groups is 1. The fourth-order valence-corrected chi connectivity index (χ4v) is 10.8. The number of carboxylic acid groups (broad SMARTS) is 1. The summed E-state index contributed by atoms with van der Waals surface area (Å²) in [6.07, 6.45) is 11.5. The molecule has 0 aromatic rings. The van der Waals surface area contributed by atoms with Crippen molar-refractivity contribution in [1.82, 2.24) is 15.4 Å². The summed E-state index contributed by atoms with van der Waals surface area (Å²) in [6, 6.07) is 1.02. The second-order valence-electron chi connectivity index (χ2n) is 14.4.